The van der Waals surface area contributed by atoms with Crippen molar-refractivity contribution in [1.29, 1.82) is 0 Å². The predicted molar refractivity (Wildman–Crippen MR) is 61.2 cm³/mol. The summed E-state index contributed by atoms with van der Waals surface area (Å²) in [6.07, 6.45) is 1.94. The molecule has 0 fully saturated rings. The van der Waals surface area contributed by atoms with Gasteiger partial charge in [0.15, 0.2) is 0 Å². The van der Waals surface area contributed by atoms with Crippen molar-refractivity contribution in [2.75, 3.05) is 6.26 Å². The van der Waals surface area contributed by atoms with Crippen LogP contribution in [0, 0.1) is 0 Å². The van der Waals surface area contributed by atoms with Crippen LogP contribution >= 0.6 is 23.1 Å². The van der Waals surface area contributed by atoms with E-state index in [1.165, 1.54) is 0 Å². The highest BCUT2D eigenvalue weighted by Crippen LogP contribution is 2.42. The summed E-state index contributed by atoms with van der Waals surface area (Å²) in [7, 11) is 0. The topological polar surface area (TPSA) is 40.5 Å². The largest absolute Gasteiger partial charge is 0.505 e. The third kappa shape index (κ3) is 1.49. The Kier molecular flexibility index (Phi) is 2.67. The lowest BCUT2D eigenvalue weighted by atomic mass is 10.2. The van der Waals surface area contributed by atoms with Crippen molar-refractivity contribution < 1.29 is 10.2 Å². The normalized spacial score (nSPS) is 11.0. The van der Waals surface area contributed by atoms with Crippen LogP contribution in [0.15, 0.2) is 22.4 Å². The van der Waals surface area contributed by atoms with E-state index in [0.717, 1.165) is 19.9 Å². The first kappa shape index (κ1) is 9.83. The molecule has 14 heavy (non-hydrogen) atoms. The first-order chi connectivity index (χ1) is 6.76. The Bertz CT molecular complexity index is 462. The molecule has 0 saturated carbocycles. The fourth-order valence-corrected chi connectivity index (χ4v) is 3.06. The fourth-order valence-electron chi connectivity index (χ4n) is 1.35. The third-order valence-corrected chi connectivity index (χ3v) is 4.33. The lowest BCUT2D eigenvalue weighted by Crippen LogP contribution is -1.80. The van der Waals surface area contributed by atoms with Crippen LogP contribution in [0.4, 0.5) is 0 Å². The SMILES string of the molecule is CSc1sc2ccc(CO)cc2c1O. The lowest BCUT2D eigenvalue weighted by Gasteiger charge is -1.96. The van der Waals surface area contributed by atoms with Crippen molar-refractivity contribution >= 4 is 33.2 Å². The molecule has 2 nitrogen and oxygen atoms in total. The molecule has 1 aromatic carbocycles. The molecule has 0 aliphatic heterocycles. The molecule has 0 saturated heterocycles. The number of thioether (sulfide) groups is 1. The summed E-state index contributed by atoms with van der Waals surface area (Å²) in [5, 5.41) is 19.6. The highest BCUT2D eigenvalue weighted by atomic mass is 32.2. The Labute approximate surface area is 90.2 Å². The van der Waals surface area contributed by atoms with Crippen molar-refractivity contribution in [3.8, 4) is 5.75 Å². The van der Waals surface area contributed by atoms with Crippen LogP contribution in [0.25, 0.3) is 10.1 Å². The third-order valence-electron chi connectivity index (χ3n) is 2.06. The summed E-state index contributed by atoms with van der Waals surface area (Å²) in [6, 6.07) is 5.65. The van der Waals surface area contributed by atoms with Gasteiger partial charge in [0.1, 0.15) is 9.96 Å². The quantitative estimate of drug-likeness (QED) is 0.774. The zero-order valence-corrected chi connectivity index (χ0v) is 9.28. The Hall–Kier alpha value is -0.710. The Morgan fingerprint density at radius 3 is 2.86 bits per heavy atom. The Balaban J connectivity index is 2.68. The molecule has 74 valence electrons. The van der Waals surface area contributed by atoms with Crippen molar-refractivity contribution in [3.05, 3.63) is 23.8 Å². The average Bonchev–Trinajstić information content (AvgIpc) is 2.55. The van der Waals surface area contributed by atoms with E-state index in [1.807, 2.05) is 24.5 Å². The molecule has 2 N–H and O–H groups in total. The van der Waals surface area contributed by atoms with Gasteiger partial charge in [0, 0.05) is 10.1 Å². The van der Waals surface area contributed by atoms with Crippen molar-refractivity contribution in [2.24, 2.45) is 0 Å². The number of hydrogen-bond acceptors (Lipinski definition) is 4. The van der Waals surface area contributed by atoms with E-state index in [-0.39, 0.29) is 6.61 Å². The first-order valence-corrected chi connectivity index (χ1v) is 6.19. The van der Waals surface area contributed by atoms with Gasteiger partial charge < -0.3 is 10.2 Å². The minimum atomic E-state index is 0.0137. The predicted octanol–water partition coefficient (Wildman–Crippen LogP) is 2.82. The maximum absolute atomic E-state index is 9.82. The monoisotopic (exact) mass is 226 g/mol. The summed E-state index contributed by atoms with van der Waals surface area (Å²) in [4.78, 5) is 0. The number of hydrogen-bond donors (Lipinski definition) is 2. The number of aliphatic hydroxyl groups is 1. The molecule has 0 atom stereocenters. The summed E-state index contributed by atoms with van der Waals surface area (Å²) in [6.45, 7) is 0.0137. The fraction of sp³-hybridized carbons (Fsp3) is 0.200. The van der Waals surface area contributed by atoms with Gasteiger partial charge in [0.25, 0.3) is 0 Å². The molecular weight excluding hydrogens is 216 g/mol. The maximum Gasteiger partial charge on any atom is 0.147 e. The molecule has 0 unspecified atom stereocenters. The molecule has 0 radical (unpaired) electrons. The van der Waals surface area contributed by atoms with Crippen LogP contribution in [-0.4, -0.2) is 16.5 Å². The van der Waals surface area contributed by atoms with Crippen LogP contribution < -0.4 is 0 Å². The molecule has 2 aromatic rings. The number of thiophene rings is 1. The number of benzene rings is 1. The van der Waals surface area contributed by atoms with Crippen LogP contribution in [0.5, 0.6) is 5.75 Å². The second-order valence-electron chi connectivity index (χ2n) is 2.93. The molecule has 0 aliphatic carbocycles. The second kappa shape index (κ2) is 3.81. The molecule has 0 bridgehead atoms. The van der Waals surface area contributed by atoms with E-state index in [9.17, 15) is 5.11 Å². The minimum Gasteiger partial charge on any atom is -0.505 e. The van der Waals surface area contributed by atoms with Gasteiger partial charge in [-0.15, -0.1) is 23.1 Å². The van der Waals surface area contributed by atoms with E-state index in [1.54, 1.807) is 23.1 Å². The molecule has 0 aliphatic rings. The summed E-state index contributed by atoms with van der Waals surface area (Å²) >= 11 is 3.12. The van der Waals surface area contributed by atoms with E-state index >= 15 is 0 Å². The van der Waals surface area contributed by atoms with Gasteiger partial charge in [-0.25, -0.2) is 0 Å². The summed E-state index contributed by atoms with van der Waals surface area (Å²) in [5.74, 6) is 0.341. The first-order valence-electron chi connectivity index (χ1n) is 4.15. The molecule has 1 aromatic heterocycles. The molecule has 0 spiro atoms. The number of fused-ring (bicyclic) bond motifs is 1. The Morgan fingerprint density at radius 1 is 1.43 bits per heavy atom. The van der Waals surface area contributed by atoms with Crippen molar-refractivity contribution in [2.45, 2.75) is 10.8 Å². The van der Waals surface area contributed by atoms with Gasteiger partial charge in [-0.2, -0.15) is 0 Å². The zero-order chi connectivity index (χ0) is 10.1. The van der Waals surface area contributed by atoms with Crippen LogP contribution in [0.2, 0.25) is 0 Å². The van der Waals surface area contributed by atoms with Gasteiger partial charge in [-0.1, -0.05) is 6.07 Å². The van der Waals surface area contributed by atoms with Gasteiger partial charge >= 0.3 is 0 Å². The smallest absolute Gasteiger partial charge is 0.147 e. The zero-order valence-electron chi connectivity index (χ0n) is 7.65. The molecular formula is C10H10O2S2. The van der Waals surface area contributed by atoms with Crippen LogP contribution in [0.1, 0.15) is 5.56 Å². The minimum absolute atomic E-state index is 0.0137. The van der Waals surface area contributed by atoms with E-state index < -0.39 is 0 Å². The van der Waals surface area contributed by atoms with E-state index in [0.29, 0.717) is 5.75 Å². The average molecular weight is 226 g/mol. The lowest BCUT2D eigenvalue weighted by molar-refractivity contribution is 0.282. The molecule has 1 heterocycles. The number of aliphatic hydroxyl groups excluding tert-OH is 1. The Morgan fingerprint density at radius 2 is 2.21 bits per heavy atom. The van der Waals surface area contributed by atoms with Crippen LogP contribution in [0.3, 0.4) is 0 Å². The molecule has 2 rings (SSSR count). The highest BCUT2D eigenvalue weighted by molar-refractivity contribution is 8.00. The standard InChI is InChI=1S/C10H10O2S2/c1-13-10-9(12)7-4-6(5-11)2-3-8(7)14-10/h2-4,11-12H,5H2,1H3. The highest BCUT2D eigenvalue weighted by Gasteiger charge is 2.10. The van der Waals surface area contributed by atoms with Crippen molar-refractivity contribution in [3.63, 3.8) is 0 Å². The molecule has 4 heteroatoms. The number of rotatable bonds is 2. The van der Waals surface area contributed by atoms with Gasteiger partial charge in [-0.05, 0) is 24.0 Å². The van der Waals surface area contributed by atoms with Gasteiger partial charge in [0.2, 0.25) is 0 Å². The van der Waals surface area contributed by atoms with Gasteiger partial charge in [-0.3, -0.25) is 0 Å². The van der Waals surface area contributed by atoms with Crippen molar-refractivity contribution in [1.82, 2.24) is 0 Å². The summed E-state index contributed by atoms with van der Waals surface area (Å²) < 4.78 is 1.99. The maximum atomic E-state index is 9.82. The second-order valence-corrected chi connectivity index (χ2v) is 5.06. The van der Waals surface area contributed by atoms with Gasteiger partial charge in [0.05, 0.1) is 6.61 Å². The molecule has 0 amide bonds. The van der Waals surface area contributed by atoms with Crippen LogP contribution in [-0.2, 0) is 6.61 Å². The summed E-state index contributed by atoms with van der Waals surface area (Å²) in [5.41, 5.74) is 0.832. The number of aromatic hydroxyl groups is 1. The van der Waals surface area contributed by atoms with E-state index in [4.69, 9.17) is 5.11 Å². The van der Waals surface area contributed by atoms with E-state index in [2.05, 4.69) is 0 Å².